The third-order valence-electron chi connectivity index (χ3n) is 5.38. The highest BCUT2D eigenvalue weighted by Gasteiger charge is 2.42. The summed E-state index contributed by atoms with van der Waals surface area (Å²) < 4.78 is 21.6. The maximum Gasteiger partial charge on any atom is 0.247 e. The standard InChI is InChI=1S/C20H27NO5/c1-23-16-11-14-6-7-15(12-16)21(14)19(22)8-5-13-9-17(24-2)20(26-4)18(10-13)25-3/h5,8-10,14-16H,6-7,11-12H2,1-4H3/b8-5+. The number of nitrogens with zero attached hydrogens (tertiary/aromatic N) is 1. The molecule has 2 fully saturated rings. The van der Waals surface area contributed by atoms with E-state index in [1.807, 2.05) is 17.0 Å². The summed E-state index contributed by atoms with van der Waals surface area (Å²) in [6, 6.07) is 4.24. The molecule has 3 rings (SSSR count). The monoisotopic (exact) mass is 361 g/mol. The first-order valence-electron chi connectivity index (χ1n) is 8.94. The summed E-state index contributed by atoms with van der Waals surface area (Å²) in [6.07, 6.45) is 7.69. The Bertz CT molecular complexity index is 648. The zero-order valence-corrected chi connectivity index (χ0v) is 15.9. The molecule has 0 spiro atoms. The summed E-state index contributed by atoms with van der Waals surface area (Å²) in [7, 11) is 6.48. The quantitative estimate of drug-likeness (QED) is 0.729. The molecule has 0 aromatic heterocycles. The Morgan fingerprint density at radius 1 is 1.00 bits per heavy atom. The van der Waals surface area contributed by atoms with E-state index in [4.69, 9.17) is 18.9 Å². The predicted octanol–water partition coefficient (Wildman–Crippen LogP) is 2.89. The molecule has 1 aromatic rings. The molecule has 2 aliphatic rings. The van der Waals surface area contributed by atoms with E-state index in [-0.39, 0.29) is 24.1 Å². The van der Waals surface area contributed by atoms with Crippen LogP contribution in [0.3, 0.4) is 0 Å². The largest absolute Gasteiger partial charge is 0.493 e. The number of methoxy groups -OCH3 is 4. The van der Waals surface area contributed by atoms with E-state index in [1.54, 1.807) is 40.6 Å². The normalized spacial score (nSPS) is 24.8. The Kier molecular flexibility index (Phi) is 5.71. The third kappa shape index (κ3) is 3.51. The molecule has 2 atom stereocenters. The van der Waals surface area contributed by atoms with Gasteiger partial charge >= 0.3 is 0 Å². The maximum atomic E-state index is 12.8. The van der Waals surface area contributed by atoms with Gasteiger partial charge in [0.1, 0.15) is 0 Å². The Morgan fingerprint density at radius 3 is 2.04 bits per heavy atom. The SMILES string of the molecule is COc1cc(/C=C/C(=O)N2C3CCC2CC(OC)C3)cc(OC)c1OC. The molecule has 0 radical (unpaired) electrons. The van der Waals surface area contributed by atoms with E-state index in [2.05, 4.69) is 0 Å². The first-order valence-corrected chi connectivity index (χ1v) is 8.94. The lowest BCUT2D eigenvalue weighted by molar-refractivity contribution is -0.132. The van der Waals surface area contributed by atoms with Crippen molar-refractivity contribution in [3.63, 3.8) is 0 Å². The van der Waals surface area contributed by atoms with Crippen LogP contribution in [-0.2, 0) is 9.53 Å². The van der Waals surface area contributed by atoms with Gasteiger partial charge in [0.2, 0.25) is 11.7 Å². The van der Waals surface area contributed by atoms with Gasteiger partial charge < -0.3 is 23.8 Å². The maximum absolute atomic E-state index is 12.8. The van der Waals surface area contributed by atoms with Crippen LogP contribution in [0.2, 0.25) is 0 Å². The molecule has 0 saturated carbocycles. The summed E-state index contributed by atoms with van der Waals surface area (Å²) in [5.41, 5.74) is 0.826. The lowest BCUT2D eigenvalue weighted by atomic mass is 9.99. The van der Waals surface area contributed by atoms with E-state index in [1.165, 1.54) is 0 Å². The van der Waals surface area contributed by atoms with Crippen LogP contribution in [0.25, 0.3) is 6.08 Å². The van der Waals surface area contributed by atoms with Crippen molar-refractivity contribution in [2.45, 2.75) is 43.9 Å². The number of amides is 1. The molecular weight excluding hydrogens is 334 g/mol. The zero-order chi connectivity index (χ0) is 18.7. The van der Waals surface area contributed by atoms with Gasteiger partial charge in [-0.15, -0.1) is 0 Å². The minimum Gasteiger partial charge on any atom is -0.493 e. The summed E-state index contributed by atoms with van der Waals surface area (Å²) in [5.74, 6) is 1.74. The fourth-order valence-electron chi connectivity index (χ4n) is 4.13. The predicted molar refractivity (Wildman–Crippen MR) is 98.8 cm³/mol. The number of hydrogen-bond donors (Lipinski definition) is 0. The van der Waals surface area contributed by atoms with Crippen LogP contribution < -0.4 is 14.2 Å². The molecule has 142 valence electrons. The molecule has 6 heteroatoms. The van der Waals surface area contributed by atoms with Crippen LogP contribution in [0.15, 0.2) is 18.2 Å². The minimum absolute atomic E-state index is 0.0563. The van der Waals surface area contributed by atoms with Gasteiger partial charge in [0.05, 0.1) is 27.4 Å². The minimum atomic E-state index is 0.0563. The third-order valence-corrected chi connectivity index (χ3v) is 5.38. The fourth-order valence-corrected chi connectivity index (χ4v) is 4.13. The molecule has 2 aliphatic heterocycles. The molecule has 0 aliphatic carbocycles. The van der Waals surface area contributed by atoms with Crippen molar-refractivity contribution in [1.82, 2.24) is 4.90 Å². The number of fused-ring (bicyclic) bond motifs is 2. The highest BCUT2D eigenvalue weighted by Crippen LogP contribution is 2.39. The van der Waals surface area contributed by atoms with E-state index >= 15 is 0 Å². The molecule has 26 heavy (non-hydrogen) atoms. The Labute approximate surface area is 154 Å². The van der Waals surface area contributed by atoms with Gasteiger partial charge in [-0.3, -0.25) is 4.79 Å². The second-order valence-electron chi connectivity index (χ2n) is 6.75. The molecule has 0 N–H and O–H groups in total. The number of carbonyl (C=O) groups is 1. The lowest BCUT2D eigenvalue weighted by Crippen LogP contribution is -2.47. The van der Waals surface area contributed by atoms with E-state index in [0.29, 0.717) is 17.2 Å². The van der Waals surface area contributed by atoms with Crippen molar-refractivity contribution in [3.8, 4) is 17.2 Å². The summed E-state index contributed by atoms with van der Waals surface area (Å²) >= 11 is 0. The average molecular weight is 361 g/mol. The first-order chi connectivity index (χ1) is 12.6. The summed E-state index contributed by atoms with van der Waals surface area (Å²) in [5, 5.41) is 0. The molecule has 6 nitrogen and oxygen atoms in total. The fraction of sp³-hybridized carbons (Fsp3) is 0.550. The lowest BCUT2D eigenvalue weighted by Gasteiger charge is -2.37. The van der Waals surface area contributed by atoms with E-state index in [0.717, 1.165) is 31.2 Å². The smallest absolute Gasteiger partial charge is 0.247 e. The van der Waals surface area contributed by atoms with Crippen molar-refractivity contribution in [1.29, 1.82) is 0 Å². The van der Waals surface area contributed by atoms with Gasteiger partial charge in [-0.05, 0) is 49.5 Å². The van der Waals surface area contributed by atoms with E-state index in [9.17, 15) is 4.79 Å². The number of rotatable bonds is 6. The molecule has 2 bridgehead atoms. The number of hydrogen-bond acceptors (Lipinski definition) is 5. The van der Waals surface area contributed by atoms with Crippen LogP contribution >= 0.6 is 0 Å². The van der Waals surface area contributed by atoms with Crippen LogP contribution in [0.5, 0.6) is 17.2 Å². The van der Waals surface area contributed by atoms with Gasteiger partial charge in [0.15, 0.2) is 11.5 Å². The van der Waals surface area contributed by atoms with Crippen molar-refractivity contribution < 1.29 is 23.7 Å². The Morgan fingerprint density at radius 2 is 1.58 bits per heavy atom. The zero-order valence-electron chi connectivity index (χ0n) is 15.9. The number of ether oxygens (including phenoxy) is 4. The van der Waals surface area contributed by atoms with Crippen molar-refractivity contribution in [3.05, 3.63) is 23.8 Å². The van der Waals surface area contributed by atoms with Gasteiger partial charge in [-0.1, -0.05) is 0 Å². The van der Waals surface area contributed by atoms with E-state index < -0.39 is 0 Å². The van der Waals surface area contributed by atoms with Crippen molar-refractivity contribution in [2.24, 2.45) is 0 Å². The second-order valence-corrected chi connectivity index (χ2v) is 6.75. The van der Waals surface area contributed by atoms with Crippen LogP contribution in [0.1, 0.15) is 31.2 Å². The molecule has 1 aromatic carbocycles. The molecule has 2 unspecified atom stereocenters. The summed E-state index contributed by atoms with van der Waals surface area (Å²) in [6.45, 7) is 0. The van der Waals surface area contributed by atoms with Crippen molar-refractivity contribution in [2.75, 3.05) is 28.4 Å². The van der Waals surface area contributed by atoms with Gasteiger partial charge in [-0.2, -0.15) is 0 Å². The average Bonchev–Trinajstić information content (AvgIpc) is 2.94. The summed E-state index contributed by atoms with van der Waals surface area (Å²) in [4.78, 5) is 14.8. The van der Waals surface area contributed by atoms with Gasteiger partial charge in [0, 0.05) is 25.3 Å². The number of piperidine rings is 1. The van der Waals surface area contributed by atoms with Crippen molar-refractivity contribution >= 4 is 12.0 Å². The molecule has 2 heterocycles. The van der Waals surface area contributed by atoms with Crippen LogP contribution in [0.4, 0.5) is 0 Å². The Hall–Kier alpha value is -2.21. The van der Waals surface area contributed by atoms with Crippen LogP contribution in [0, 0.1) is 0 Å². The van der Waals surface area contributed by atoms with Gasteiger partial charge in [0.25, 0.3) is 0 Å². The molecule has 2 saturated heterocycles. The molecule has 1 amide bonds. The topological polar surface area (TPSA) is 57.2 Å². The Balaban J connectivity index is 1.77. The van der Waals surface area contributed by atoms with Gasteiger partial charge in [-0.25, -0.2) is 0 Å². The number of benzene rings is 1. The highest BCUT2D eigenvalue weighted by atomic mass is 16.5. The number of carbonyl (C=O) groups excluding carboxylic acids is 1. The second kappa shape index (κ2) is 7.99. The highest BCUT2D eigenvalue weighted by molar-refractivity contribution is 5.92. The first kappa shape index (κ1) is 18.6. The van der Waals surface area contributed by atoms with Crippen LogP contribution in [-0.4, -0.2) is 57.4 Å². The molecular formula is C20H27NO5.